The van der Waals surface area contributed by atoms with E-state index in [2.05, 4.69) is 9.71 Å². The van der Waals surface area contributed by atoms with Gasteiger partial charge in [-0.15, -0.1) is 0 Å². The Hall–Kier alpha value is -0.660. The molecule has 0 spiro atoms. The summed E-state index contributed by atoms with van der Waals surface area (Å²) in [5, 5.41) is 1.39. The van der Waals surface area contributed by atoms with Crippen LogP contribution in [0.5, 0.6) is 0 Å². The highest BCUT2D eigenvalue weighted by Gasteiger charge is 2.39. The van der Waals surface area contributed by atoms with Crippen LogP contribution in [0.3, 0.4) is 0 Å². The molecule has 10 heteroatoms. The monoisotopic (exact) mass is 470 g/mol. The molecule has 0 fully saturated rings. The Morgan fingerprint density at radius 2 is 1.65 bits per heavy atom. The lowest BCUT2D eigenvalue weighted by Crippen LogP contribution is -2.36. The molecule has 1 heterocycles. The molecule has 26 heavy (non-hydrogen) atoms. The van der Waals surface area contributed by atoms with Crippen molar-refractivity contribution in [1.82, 2.24) is 9.71 Å². The number of hydrogen-bond acceptors (Lipinski definition) is 2. The molecule has 0 saturated carbocycles. The lowest BCUT2D eigenvalue weighted by atomic mass is 10.1. The zero-order valence-electron chi connectivity index (χ0n) is 12.8. The maximum atomic E-state index is 12.7. The van der Waals surface area contributed by atoms with E-state index in [1.807, 2.05) is 0 Å². The third-order valence-corrected chi connectivity index (χ3v) is 6.38. The Balaban J connectivity index is 2.09. The number of rotatable bonds is 4. The van der Waals surface area contributed by atoms with Crippen LogP contribution in [-0.4, -0.2) is 17.2 Å². The van der Waals surface area contributed by atoms with E-state index in [1.54, 1.807) is 24.4 Å². The molecule has 1 aromatic heterocycles. The van der Waals surface area contributed by atoms with E-state index >= 15 is 0 Å². The van der Waals surface area contributed by atoms with Gasteiger partial charge in [-0.2, -0.15) is 4.72 Å². The van der Waals surface area contributed by atoms with Gasteiger partial charge in [0, 0.05) is 27.7 Å². The third kappa shape index (κ3) is 4.09. The summed E-state index contributed by atoms with van der Waals surface area (Å²) in [6.45, 7) is 0. The van der Waals surface area contributed by atoms with E-state index in [1.165, 1.54) is 24.3 Å². The largest absolute Gasteiger partial charge is 0.361 e. The minimum Gasteiger partial charge on any atom is -0.361 e. The first kappa shape index (κ1) is 20.1. The fourth-order valence-electron chi connectivity index (χ4n) is 2.54. The molecule has 0 aliphatic carbocycles. The normalized spacial score (nSPS) is 13.9. The van der Waals surface area contributed by atoms with Crippen LogP contribution in [0.25, 0.3) is 10.9 Å². The van der Waals surface area contributed by atoms with Gasteiger partial charge in [0.05, 0.1) is 16.0 Å². The van der Waals surface area contributed by atoms with Gasteiger partial charge >= 0.3 is 0 Å². The predicted molar refractivity (Wildman–Crippen MR) is 108 cm³/mol. The summed E-state index contributed by atoms with van der Waals surface area (Å²) in [5.41, 5.74) is 1.11. The van der Waals surface area contributed by atoms with E-state index in [9.17, 15) is 8.42 Å². The molecule has 0 bridgehead atoms. The molecule has 0 aliphatic heterocycles. The molecule has 3 aromatic rings. The van der Waals surface area contributed by atoms with Gasteiger partial charge in [-0.3, -0.25) is 0 Å². The van der Waals surface area contributed by atoms with Crippen molar-refractivity contribution in [3.8, 4) is 0 Å². The molecule has 1 unspecified atom stereocenters. The molecular formula is C16H11Cl5N2O2S. The van der Waals surface area contributed by atoms with Crippen molar-refractivity contribution in [2.24, 2.45) is 0 Å². The molecule has 1 atom stereocenters. The molecule has 138 valence electrons. The van der Waals surface area contributed by atoms with Crippen molar-refractivity contribution in [1.29, 1.82) is 0 Å². The lowest BCUT2D eigenvalue weighted by molar-refractivity contribution is 0.559. The van der Waals surface area contributed by atoms with E-state index < -0.39 is 19.9 Å². The molecule has 4 nitrogen and oxygen atoms in total. The van der Waals surface area contributed by atoms with Crippen LogP contribution in [0, 0.1) is 0 Å². The Morgan fingerprint density at radius 1 is 1.00 bits per heavy atom. The molecule has 3 rings (SSSR count). The first-order chi connectivity index (χ1) is 12.1. The third-order valence-electron chi connectivity index (χ3n) is 3.72. The van der Waals surface area contributed by atoms with Crippen molar-refractivity contribution < 1.29 is 8.42 Å². The van der Waals surface area contributed by atoms with Crippen LogP contribution >= 0.6 is 58.0 Å². The number of fused-ring (bicyclic) bond motifs is 1. The second kappa shape index (κ2) is 7.40. The first-order valence-electron chi connectivity index (χ1n) is 7.20. The minimum absolute atomic E-state index is 0.00733. The fourth-order valence-corrected chi connectivity index (χ4v) is 4.90. The van der Waals surface area contributed by atoms with Crippen LogP contribution in [0.2, 0.25) is 10.0 Å². The minimum atomic E-state index is -3.99. The quantitative estimate of drug-likeness (QED) is 0.467. The van der Waals surface area contributed by atoms with Gasteiger partial charge in [-0.1, -0.05) is 64.1 Å². The highest BCUT2D eigenvalue weighted by Crippen LogP contribution is 2.44. The first-order valence-corrected chi connectivity index (χ1v) is 10.6. The highest BCUT2D eigenvalue weighted by atomic mass is 35.6. The number of benzene rings is 2. The zero-order valence-corrected chi connectivity index (χ0v) is 17.4. The second-order valence-electron chi connectivity index (χ2n) is 5.46. The summed E-state index contributed by atoms with van der Waals surface area (Å²) in [4.78, 5) is 2.99. The van der Waals surface area contributed by atoms with Crippen LogP contribution in [0.1, 0.15) is 11.6 Å². The van der Waals surface area contributed by atoms with Crippen LogP contribution < -0.4 is 4.72 Å². The Bertz CT molecular complexity index is 1040. The van der Waals surface area contributed by atoms with Crippen LogP contribution in [0.15, 0.2) is 53.6 Å². The zero-order chi connectivity index (χ0) is 19.1. The summed E-state index contributed by atoms with van der Waals surface area (Å²) >= 11 is 30.3. The average molecular weight is 473 g/mol. The van der Waals surface area contributed by atoms with Crippen molar-refractivity contribution in [2.45, 2.75) is 14.7 Å². The van der Waals surface area contributed by atoms with E-state index in [0.29, 0.717) is 26.5 Å². The molecule has 2 aromatic carbocycles. The molecule has 0 amide bonds. The van der Waals surface area contributed by atoms with Gasteiger partial charge in [0.25, 0.3) is 0 Å². The lowest BCUT2D eigenvalue weighted by Gasteiger charge is -2.25. The van der Waals surface area contributed by atoms with E-state index in [4.69, 9.17) is 58.0 Å². The smallest absolute Gasteiger partial charge is 0.241 e. The van der Waals surface area contributed by atoms with Gasteiger partial charge in [-0.25, -0.2) is 8.42 Å². The highest BCUT2D eigenvalue weighted by molar-refractivity contribution is 7.89. The van der Waals surface area contributed by atoms with Crippen molar-refractivity contribution in [3.05, 3.63) is 64.3 Å². The van der Waals surface area contributed by atoms with E-state index in [0.717, 1.165) is 0 Å². The molecule has 2 N–H and O–H groups in total. The number of hydrogen-bond donors (Lipinski definition) is 2. The summed E-state index contributed by atoms with van der Waals surface area (Å²) < 4.78 is 26.0. The summed E-state index contributed by atoms with van der Waals surface area (Å²) in [5.74, 6) is 0. The summed E-state index contributed by atoms with van der Waals surface area (Å²) in [6, 6.07) is 9.68. The number of nitrogens with one attached hydrogen (secondary N) is 2. The van der Waals surface area contributed by atoms with Gasteiger partial charge < -0.3 is 4.98 Å². The molecule has 0 saturated heterocycles. The van der Waals surface area contributed by atoms with Crippen molar-refractivity contribution in [3.63, 3.8) is 0 Å². The van der Waals surface area contributed by atoms with Crippen molar-refractivity contribution >= 4 is 78.9 Å². The number of aromatic amines is 1. The van der Waals surface area contributed by atoms with Crippen LogP contribution in [-0.2, 0) is 10.0 Å². The second-order valence-corrected chi connectivity index (χ2v) is 10.4. The molecular weight excluding hydrogens is 462 g/mol. The number of aromatic nitrogens is 1. The topological polar surface area (TPSA) is 62.0 Å². The number of alkyl halides is 3. The molecule has 0 radical (unpaired) electrons. The Labute approximate surface area is 175 Å². The fraction of sp³-hybridized carbons (Fsp3) is 0.125. The number of sulfonamides is 1. The maximum Gasteiger partial charge on any atom is 0.241 e. The SMILES string of the molecule is O=S(=O)(NC(c1c[nH]c2cccc(Cl)c12)C(Cl)(Cl)Cl)c1ccc(Cl)cc1. The summed E-state index contributed by atoms with van der Waals surface area (Å²) in [7, 11) is -3.99. The Kier molecular flexibility index (Phi) is 5.71. The summed E-state index contributed by atoms with van der Waals surface area (Å²) in [6.07, 6.45) is 1.56. The van der Waals surface area contributed by atoms with Gasteiger partial charge in [0.2, 0.25) is 13.8 Å². The van der Waals surface area contributed by atoms with Gasteiger partial charge in [0.1, 0.15) is 0 Å². The average Bonchev–Trinajstić information content (AvgIpc) is 2.97. The standard InChI is InChI=1S/C16H11Cl5N2O2S/c17-9-4-6-10(7-5-9)26(24,25)23-15(16(19,20)21)11-8-22-13-3-1-2-12(18)14(11)13/h1-8,15,22-23H. The van der Waals surface area contributed by atoms with Crippen molar-refractivity contribution in [2.75, 3.05) is 0 Å². The molecule has 0 aliphatic rings. The van der Waals surface area contributed by atoms with Crippen LogP contribution in [0.4, 0.5) is 0 Å². The number of halogens is 5. The van der Waals surface area contributed by atoms with E-state index in [-0.39, 0.29) is 4.90 Å². The van der Waals surface area contributed by atoms with Gasteiger partial charge in [-0.05, 0) is 36.4 Å². The maximum absolute atomic E-state index is 12.7. The van der Waals surface area contributed by atoms with Gasteiger partial charge in [0.15, 0.2) is 0 Å². The number of H-pyrrole nitrogens is 1. The Morgan fingerprint density at radius 3 is 2.27 bits per heavy atom. The predicted octanol–water partition coefficient (Wildman–Crippen LogP) is 5.86.